The number of fused-ring (bicyclic) bond motifs is 2. The van der Waals surface area contributed by atoms with Crippen LogP contribution >= 0.6 is 0 Å². The Balaban J connectivity index is 1.72. The summed E-state index contributed by atoms with van der Waals surface area (Å²) in [5, 5.41) is 1.28. The molecule has 26 heavy (non-hydrogen) atoms. The van der Waals surface area contributed by atoms with E-state index in [1.807, 2.05) is 0 Å². The molecule has 0 N–H and O–H groups in total. The first-order valence-electron chi connectivity index (χ1n) is 7.71. The molecule has 0 aliphatic carbocycles. The lowest BCUT2D eigenvalue weighted by molar-refractivity contribution is -0.140. The Bertz CT molecular complexity index is 971. The van der Waals surface area contributed by atoms with Gasteiger partial charge >= 0.3 is 23.9 Å². The molecule has 0 amide bonds. The minimum absolute atomic E-state index is 0.0769. The highest BCUT2D eigenvalue weighted by Crippen LogP contribution is 2.27. The number of benzene rings is 2. The molecule has 0 saturated carbocycles. The predicted octanol–water partition coefficient (Wildman–Crippen LogP) is 2.43. The summed E-state index contributed by atoms with van der Waals surface area (Å²) in [6, 6.07) is 7.78. The molecule has 0 fully saturated rings. The number of carbonyl (C=O) groups excluding carboxylic acids is 4. The molecule has 0 spiro atoms. The number of hydrogen-bond donors (Lipinski definition) is 0. The Morgan fingerprint density at radius 2 is 1.58 bits per heavy atom. The third-order valence-electron chi connectivity index (χ3n) is 3.74. The molecule has 2 aromatic rings. The van der Waals surface area contributed by atoms with E-state index in [-0.39, 0.29) is 35.5 Å². The number of ether oxygens (including phenoxy) is 3. The van der Waals surface area contributed by atoms with E-state index >= 15 is 0 Å². The molecule has 0 radical (unpaired) electrons. The van der Waals surface area contributed by atoms with Crippen LogP contribution in [0.5, 0.6) is 0 Å². The van der Waals surface area contributed by atoms with Crippen LogP contribution in [0.2, 0.25) is 0 Å². The highest BCUT2D eigenvalue weighted by molar-refractivity contribution is 6.17. The SMILES string of the molecule is C=C(C)C(=O)OCCOC(=O)c1ccc2cc3c(cc2c1)C(=O)OC3=O. The van der Waals surface area contributed by atoms with Gasteiger partial charge in [-0.15, -0.1) is 0 Å². The normalized spacial score (nSPS) is 12.5. The van der Waals surface area contributed by atoms with Crippen LogP contribution < -0.4 is 0 Å². The Hall–Kier alpha value is -3.48. The van der Waals surface area contributed by atoms with E-state index in [9.17, 15) is 19.2 Å². The fourth-order valence-corrected chi connectivity index (χ4v) is 2.43. The van der Waals surface area contributed by atoms with E-state index in [0.717, 1.165) is 0 Å². The van der Waals surface area contributed by atoms with Crippen LogP contribution in [-0.4, -0.2) is 37.1 Å². The summed E-state index contributed by atoms with van der Waals surface area (Å²) in [5.74, 6) is -2.54. The van der Waals surface area contributed by atoms with Crippen molar-refractivity contribution in [2.24, 2.45) is 0 Å². The smallest absolute Gasteiger partial charge is 0.346 e. The van der Waals surface area contributed by atoms with Crippen molar-refractivity contribution < 1.29 is 33.4 Å². The minimum atomic E-state index is -0.709. The third kappa shape index (κ3) is 3.32. The zero-order valence-electron chi connectivity index (χ0n) is 13.9. The lowest BCUT2D eigenvalue weighted by Gasteiger charge is -2.07. The first kappa shape index (κ1) is 17.3. The van der Waals surface area contributed by atoms with Crippen LogP contribution in [-0.2, 0) is 19.0 Å². The fraction of sp³-hybridized carbons (Fsp3) is 0.158. The molecule has 3 rings (SSSR count). The Labute approximate surface area is 148 Å². The molecule has 0 saturated heterocycles. The van der Waals surface area contributed by atoms with Crippen LogP contribution in [0.15, 0.2) is 42.5 Å². The van der Waals surface area contributed by atoms with Crippen molar-refractivity contribution in [1.82, 2.24) is 0 Å². The average molecular weight is 354 g/mol. The van der Waals surface area contributed by atoms with Gasteiger partial charge in [-0.05, 0) is 42.0 Å². The molecule has 0 aromatic heterocycles. The summed E-state index contributed by atoms with van der Waals surface area (Å²) >= 11 is 0. The molecule has 132 valence electrons. The van der Waals surface area contributed by atoms with Gasteiger partial charge in [0.15, 0.2) is 0 Å². The number of esters is 4. The number of cyclic esters (lactones) is 2. The summed E-state index contributed by atoms with van der Waals surface area (Å²) in [7, 11) is 0. The van der Waals surface area contributed by atoms with Gasteiger partial charge in [-0.1, -0.05) is 12.6 Å². The summed E-state index contributed by atoms with van der Waals surface area (Å²) < 4.78 is 14.4. The van der Waals surface area contributed by atoms with Gasteiger partial charge in [0.05, 0.1) is 16.7 Å². The van der Waals surface area contributed by atoms with E-state index in [0.29, 0.717) is 10.8 Å². The maximum absolute atomic E-state index is 12.1. The van der Waals surface area contributed by atoms with Crippen LogP contribution in [0.25, 0.3) is 10.8 Å². The molecular weight excluding hydrogens is 340 g/mol. The standard InChI is InChI=1S/C19H14O7/c1-10(2)16(20)24-5-6-25-17(21)12-4-3-11-8-14-15(9-13(11)7-12)19(23)26-18(14)22/h3-4,7-9H,1,5-6H2,2H3. The van der Waals surface area contributed by atoms with Gasteiger partial charge in [0, 0.05) is 5.57 Å². The first-order chi connectivity index (χ1) is 12.4. The fourth-order valence-electron chi connectivity index (χ4n) is 2.43. The van der Waals surface area contributed by atoms with Gasteiger partial charge in [0.25, 0.3) is 0 Å². The van der Waals surface area contributed by atoms with E-state index in [1.54, 1.807) is 24.3 Å². The molecule has 1 aliphatic heterocycles. The molecule has 0 unspecified atom stereocenters. The molecule has 1 aliphatic rings. The summed E-state index contributed by atoms with van der Waals surface area (Å²) in [6.45, 7) is 4.79. The molecule has 0 atom stereocenters. The quantitative estimate of drug-likeness (QED) is 0.267. The summed E-state index contributed by atoms with van der Waals surface area (Å²) in [5.41, 5.74) is 0.897. The van der Waals surface area contributed by atoms with Crippen LogP contribution in [0, 0.1) is 0 Å². The zero-order valence-corrected chi connectivity index (χ0v) is 13.9. The van der Waals surface area contributed by atoms with Crippen molar-refractivity contribution >= 4 is 34.6 Å². The second kappa shape index (κ2) is 6.79. The van der Waals surface area contributed by atoms with Crippen molar-refractivity contribution in [3.63, 3.8) is 0 Å². The number of hydrogen-bond acceptors (Lipinski definition) is 7. The average Bonchev–Trinajstić information content (AvgIpc) is 2.89. The van der Waals surface area contributed by atoms with Crippen molar-refractivity contribution in [2.45, 2.75) is 6.92 Å². The Morgan fingerprint density at radius 1 is 0.962 bits per heavy atom. The van der Waals surface area contributed by atoms with Gasteiger partial charge in [-0.3, -0.25) is 0 Å². The number of rotatable bonds is 5. The van der Waals surface area contributed by atoms with Gasteiger partial charge in [0.1, 0.15) is 13.2 Å². The molecular formula is C19H14O7. The lowest BCUT2D eigenvalue weighted by atomic mass is 10.0. The van der Waals surface area contributed by atoms with Crippen molar-refractivity contribution in [3.05, 3.63) is 59.2 Å². The second-order valence-electron chi connectivity index (χ2n) is 5.69. The largest absolute Gasteiger partial charge is 0.459 e. The minimum Gasteiger partial charge on any atom is -0.459 e. The van der Waals surface area contributed by atoms with Gasteiger partial charge in [-0.25, -0.2) is 19.2 Å². The van der Waals surface area contributed by atoms with E-state index in [4.69, 9.17) is 9.47 Å². The van der Waals surface area contributed by atoms with E-state index in [2.05, 4.69) is 11.3 Å². The maximum atomic E-state index is 12.1. The molecule has 0 bridgehead atoms. The summed E-state index contributed by atoms with van der Waals surface area (Å²) in [4.78, 5) is 46.5. The molecule has 2 aromatic carbocycles. The van der Waals surface area contributed by atoms with E-state index < -0.39 is 23.9 Å². The number of carbonyl (C=O) groups is 4. The predicted molar refractivity (Wildman–Crippen MR) is 89.7 cm³/mol. The molecule has 7 heteroatoms. The van der Waals surface area contributed by atoms with Crippen LogP contribution in [0.1, 0.15) is 38.0 Å². The monoisotopic (exact) mass is 354 g/mol. The Morgan fingerprint density at radius 3 is 2.23 bits per heavy atom. The van der Waals surface area contributed by atoms with Crippen molar-refractivity contribution in [3.8, 4) is 0 Å². The summed E-state index contributed by atoms with van der Waals surface area (Å²) in [6.07, 6.45) is 0. The van der Waals surface area contributed by atoms with Crippen molar-refractivity contribution in [1.29, 1.82) is 0 Å². The first-order valence-corrected chi connectivity index (χ1v) is 7.71. The Kier molecular flexibility index (Phi) is 4.53. The topological polar surface area (TPSA) is 96.0 Å². The van der Waals surface area contributed by atoms with Gasteiger partial charge < -0.3 is 14.2 Å². The van der Waals surface area contributed by atoms with Crippen molar-refractivity contribution in [2.75, 3.05) is 13.2 Å². The van der Waals surface area contributed by atoms with Crippen LogP contribution in [0.4, 0.5) is 0 Å². The third-order valence-corrected chi connectivity index (χ3v) is 3.74. The van der Waals surface area contributed by atoms with Crippen LogP contribution in [0.3, 0.4) is 0 Å². The highest BCUT2D eigenvalue weighted by atomic mass is 16.6. The molecule has 1 heterocycles. The second-order valence-corrected chi connectivity index (χ2v) is 5.69. The maximum Gasteiger partial charge on any atom is 0.346 e. The lowest BCUT2D eigenvalue weighted by Crippen LogP contribution is -2.14. The van der Waals surface area contributed by atoms with Gasteiger partial charge in [-0.2, -0.15) is 0 Å². The highest BCUT2D eigenvalue weighted by Gasteiger charge is 2.30. The van der Waals surface area contributed by atoms with Gasteiger partial charge in [0.2, 0.25) is 0 Å². The molecule has 7 nitrogen and oxygen atoms in total. The zero-order chi connectivity index (χ0) is 18.8. The van der Waals surface area contributed by atoms with E-state index in [1.165, 1.54) is 13.0 Å².